The number of carbonyl (C=O) groups is 2. The molecule has 4 nitrogen and oxygen atoms in total. The van der Waals surface area contributed by atoms with Crippen LogP contribution in [0.3, 0.4) is 0 Å². The number of benzene rings is 5. The van der Waals surface area contributed by atoms with Crippen molar-refractivity contribution in [2.45, 2.75) is 148 Å². The third-order valence-electron chi connectivity index (χ3n) is 12.3. The van der Waals surface area contributed by atoms with Crippen LogP contribution in [0.4, 0.5) is 0 Å². The van der Waals surface area contributed by atoms with Gasteiger partial charge in [0.25, 0.3) is 0 Å². The molecule has 0 saturated heterocycles. The fourth-order valence-electron chi connectivity index (χ4n) is 8.61. The molecule has 0 bridgehead atoms. The van der Waals surface area contributed by atoms with Gasteiger partial charge in [-0.05, 0) is 72.9 Å². The van der Waals surface area contributed by atoms with Gasteiger partial charge in [-0.1, -0.05) is 114 Å². The maximum Gasteiger partial charge on any atom is 2.00 e. The van der Waals surface area contributed by atoms with Gasteiger partial charge < -0.3 is 10.2 Å². The number of carboxylic acids is 2. The van der Waals surface area contributed by atoms with Gasteiger partial charge in [0.1, 0.15) is 0 Å². The van der Waals surface area contributed by atoms with Gasteiger partial charge in [-0.3, -0.25) is 0 Å². The molecule has 4 aliphatic rings. The van der Waals surface area contributed by atoms with E-state index in [1.807, 2.05) is 24.3 Å². The molecule has 4 saturated carbocycles. The van der Waals surface area contributed by atoms with Gasteiger partial charge in [-0.25, -0.2) is 9.59 Å². The Bertz CT molecular complexity index is 1770. The Morgan fingerprint density at radius 3 is 0.806 bits per heavy atom. The Kier molecular flexibility index (Phi) is 25.2. The molecule has 0 unspecified atom stereocenters. The summed E-state index contributed by atoms with van der Waals surface area (Å²) in [4.78, 5) is 21.3. The quantitative estimate of drug-likeness (QED) is 0.159. The van der Waals surface area contributed by atoms with Gasteiger partial charge in [0, 0.05) is 0 Å². The van der Waals surface area contributed by atoms with Crippen LogP contribution in [0.1, 0.15) is 176 Å². The van der Waals surface area contributed by atoms with Crippen molar-refractivity contribution in [1.82, 2.24) is 0 Å². The monoisotopic (exact) mass is 1030 g/mol. The van der Waals surface area contributed by atoms with Crippen LogP contribution in [0.25, 0.3) is 0 Å². The largest absolute Gasteiger partial charge is 2.00 e. The smallest absolute Gasteiger partial charge is 0.478 e. The molecule has 0 atom stereocenters. The summed E-state index contributed by atoms with van der Waals surface area (Å²) in [5.41, 5.74) is 7.35. The first-order valence-electron chi connectivity index (χ1n) is 22.8. The average Bonchev–Trinajstić information content (AvgIpc) is 4.14. The summed E-state index contributed by atoms with van der Waals surface area (Å²) in [6.45, 7) is 6.47. The molecule has 5 aromatic rings. The van der Waals surface area contributed by atoms with E-state index in [1.54, 1.807) is 24.3 Å². The number of hydrogen-bond acceptors (Lipinski definition) is 2. The molecule has 4 fully saturated rings. The molecule has 0 aromatic heterocycles. The van der Waals surface area contributed by atoms with E-state index in [-0.39, 0.29) is 34.1 Å². The van der Waals surface area contributed by atoms with Gasteiger partial charge in [0.05, 0.1) is 11.1 Å². The van der Waals surface area contributed by atoms with Gasteiger partial charge >= 0.3 is 187 Å². The Labute approximate surface area is 402 Å². The van der Waals surface area contributed by atoms with Crippen LogP contribution in [0.5, 0.6) is 0 Å². The predicted molar refractivity (Wildman–Crippen MR) is 254 cm³/mol. The van der Waals surface area contributed by atoms with E-state index in [0.717, 1.165) is 0 Å². The number of rotatable bonds is 7. The zero-order valence-electron chi connectivity index (χ0n) is 37.3. The molecule has 7 heteroatoms. The van der Waals surface area contributed by atoms with E-state index in [1.165, 1.54) is 154 Å². The number of aryl methyl sites for hydroxylation is 3. The van der Waals surface area contributed by atoms with Crippen molar-refractivity contribution in [3.05, 3.63) is 160 Å². The van der Waals surface area contributed by atoms with E-state index in [4.69, 9.17) is 10.2 Å². The summed E-state index contributed by atoms with van der Waals surface area (Å²) >= 11 is -1.90. The van der Waals surface area contributed by atoms with E-state index < -0.39 is 32.1 Å². The first-order valence-corrected chi connectivity index (χ1v) is 26.7. The molecule has 2 N–H and O–H groups in total. The topological polar surface area (TPSA) is 74.6 Å². The van der Waals surface area contributed by atoms with Crippen molar-refractivity contribution in [2.75, 3.05) is 0 Å². The number of aromatic carboxylic acids is 2. The summed E-state index contributed by atoms with van der Waals surface area (Å²) in [6, 6.07) is 42.1. The van der Waals surface area contributed by atoms with Gasteiger partial charge in [0.2, 0.25) is 0 Å². The van der Waals surface area contributed by atoms with Crippen molar-refractivity contribution in [3.63, 3.8) is 0 Å². The van der Waals surface area contributed by atoms with Crippen molar-refractivity contribution in [2.24, 2.45) is 0 Å². The summed E-state index contributed by atoms with van der Waals surface area (Å²) in [7, 11) is 0. The fourth-order valence-corrected chi connectivity index (χ4v) is 15.0. The minimum absolute atomic E-state index is 0. The molecule has 0 amide bonds. The molecule has 5 aromatic carbocycles. The minimum Gasteiger partial charge on any atom is -0.478 e. The van der Waals surface area contributed by atoms with Crippen LogP contribution in [0.15, 0.2) is 121 Å². The summed E-state index contributed by atoms with van der Waals surface area (Å²) in [5.74, 6) is -0.360. The van der Waals surface area contributed by atoms with Gasteiger partial charge in [-0.2, -0.15) is 0 Å². The second-order valence-corrected chi connectivity index (χ2v) is 23.5. The van der Waals surface area contributed by atoms with Crippen molar-refractivity contribution < 1.29 is 53.9 Å². The van der Waals surface area contributed by atoms with Crippen LogP contribution in [0.2, 0.25) is 0 Å². The van der Waals surface area contributed by atoms with Crippen LogP contribution in [0, 0.1) is 20.8 Å². The molecule has 0 heterocycles. The molecule has 0 radical (unpaired) electrons. The SMILES string of the molecule is C1CCCC1.C1CCCC1.Cc1cc[c]([Sb]([c]2ccc(C)cc2)[c]2ccc(C)cc2)cc1.O=C(O)c1ccc(C2CCCC2)cc1.O=C(O)c1ccc(C2CCCC2)cc1.[Fe+2].[Fe+2]. The zero-order valence-corrected chi connectivity index (χ0v) is 42.1. The Morgan fingerprint density at radius 2 is 0.597 bits per heavy atom. The zero-order chi connectivity index (χ0) is 42.5. The second-order valence-electron chi connectivity index (χ2n) is 17.2. The van der Waals surface area contributed by atoms with E-state index in [0.29, 0.717) is 23.0 Å². The van der Waals surface area contributed by atoms with E-state index in [2.05, 4.69) is 93.6 Å². The second kappa shape index (κ2) is 29.4. The van der Waals surface area contributed by atoms with Gasteiger partial charge in [-0.15, -0.1) is 0 Å². The molecular formula is C55H69Fe2O4Sb+4. The van der Waals surface area contributed by atoms with Gasteiger partial charge in [0.15, 0.2) is 0 Å². The van der Waals surface area contributed by atoms with E-state index >= 15 is 0 Å². The van der Waals surface area contributed by atoms with Crippen LogP contribution in [-0.4, -0.2) is 42.4 Å². The third kappa shape index (κ3) is 18.2. The van der Waals surface area contributed by atoms with Crippen LogP contribution in [-0.2, 0) is 34.1 Å². The average molecular weight is 1030 g/mol. The maximum atomic E-state index is 10.6. The van der Waals surface area contributed by atoms with E-state index in [9.17, 15) is 9.59 Å². The molecule has 62 heavy (non-hydrogen) atoms. The minimum atomic E-state index is -1.90. The Hall–Kier alpha value is -3.10. The summed E-state index contributed by atoms with van der Waals surface area (Å²) < 4.78 is 4.59. The molecule has 0 aliphatic heterocycles. The predicted octanol–water partition coefficient (Wildman–Crippen LogP) is 13.1. The molecule has 0 spiro atoms. The molecule has 330 valence electrons. The van der Waals surface area contributed by atoms with Crippen LogP contribution < -0.4 is 10.5 Å². The van der Waals surface area contributed by atoms with Crippen molar-refractivity contribution in [1.29, 1.82) is 0 Å². The maximum absolute atomic E-state index is 10.6. The summed E-state index contributed by atoms with van der Waals surface area (Å²) in [6.07, 6.45) is 25.3. The number of carboxylic acid groups (broad SMARTS) is 2. The van der Waals surface area contributed by atoms with Crippen molar-refractivity contribution in [3.8, 4) is 0 Å². The Balaban J connectivity index is 0.000000224. The number of hydrogen-bond donors (Lipinski definition) is 2. The first kappa shape index (κ1) is 53.2. The molecule has 9 rings (SSSR count). The molecular weight excluding hydrogens is 958 g/mol. The first-order chi connectivity index (χ1) is 29.2. The Morgan fingerprint density at radius 1 is 0.371 bits per heavy atom. The van der Waals surface area contributed by atoms with Crippen molar-refractivity contribution >= 4 is 42.7 Å². The fraction of sp³-hybridized carbons (Fsp3) is 0.418. The molecule has 4 aliphatic carbocycles. The van der Waals surface area contributed by atoms with Crippen LogP contribution >= 0.6 is 0 Å². The standard InChI is InChI=1S/2C12H14O2.3C7H7.2C5H10.2Fe.Sb/c2*13-12(14)11-7-5-10(6-8-11)9-3-1-2-4-9;3*1-7-5-3-2-4-6-7;2*1-2-4-5-3-1;;;/h2*5-9H,1-4H2,(H,13,14);3*3-6H,1H3;2*1-5H2;;;/q;;;;;;;2*+2;. The summed E-state index contributed by atoms with van der Waals surface area (Å²) in [5, 5.41) is 17.5. The normalized spacial score (nSPS) is 15.5. The third-order valence-corrected chi connectivity index (χ3v) is 19.3.